The number of pyridine rings is 1. The standard InChI is InChI=1S/C19H19FN4O/c20-16-7-3-5-14(11-16)12-24-10-4-6-15(13-24)18-22-23-19(25-18)17-8-1-2-9-21-17/h1-3,5,7-9,11,15H,4,6,10,12-13H2/t15-/m1/s1. The van der Waals surface area contributed by atoms with Gasteiger partial charge in [0.05, 0.1) is 5.92 Å². The number of benzene rings is 1. The molecule has 1 saturated heterocycles. The average molecular weight is 338 g/mol. The molecule has 0 saturated carbocycles. The van der Waals surface area contributed by atoms with E-state index in [1.165, 1.54) is 6.07 Å². The molecule has 4 rings (SSSR count). The molecule has 128 valence electrons. The van der Waals surface area contributed by atoms with Crippen molar-refractivity contribution in [1.82, 2.24) is 20.1 Å². The molecule has 0 radical (unpaired) electrons. The summed E-state index contributed by atoms with van der Waals surface area (Å²) in [6, 6.07) is 12.4. The molecule has 1 atom stereocenters. The minimum Gasteiger partial charge on any atom is -0.419 e. The first-order chi connectivity index (χ1) is 12.3. The molecular formula is C19H19FN4O. The van der Waals surface area contributed by atoms with E-state index in [9.17, 15) is 4.39 Å². The van der Waals surface area contributed by atoms with Gasteiger partial charge in [-0.2, -0.15) is 0 Å². The van der Waals surface area contributed by atoms with E-state index in [0.29, 0.717) is 17.5 Å². The van der Waals surface area contributed by atoms with Crippen LogP contribution in [0.15, 0.2) is 53.1 Å². The fraction of sp³-hybridized carbons (Fsp3) is 0.316. The highest BCUT2D eigenvalue weighted by Crippen LogP contribution is 2.28. The molecule has 2 aromatic heterocycles. The molecule has 1 aliphatic rings. The number of hydrogen-bond donors (Lipinski definition) is 0. The Kier molecular flexibility index (Phi) is 4.52. The van der Waals surface area contributed by atoms with E-state index in [4.69, 9.17) is 4.42 Å². The lowest BCUT2D eigenvalue weighted by atomic mass is 9.97. The van der Waals surface area contributed by atoms with E-state index in [-0.39, 0.29) is 11.7 Å². The van der Waals surface area contributed by atoms with E-state index in [2.05, 4.69) is 20.1 Å². The predicted molar refractivity (Wildman–Crippen MR) is 91.2 cm³/mol. The topological polar surface area (TPSA) is 55.1 Å². The molecule has 5 nitrogen and oxygen atoms in total. The molecule has 0 N–H and O–H groups in total. The lowest BCUT2D eigenvalue weighted by molar-refractivity contribution is 0.186. The van der Waals surface area contributed by atoms with Gasteiger partial charge in [-0.3, -0.25) is 9.88 Å². The molecule has 3 heterocycles. The van der Waals surface area contributed by atoms with E-state index < -0.39 is 0 Å². The van der Waals surface area contributed by atoms with Gasteiger partial charge < -0.3 is 4.42 Å². The van der Waals surface area contributed by atoms with Crippen LogP contribution in [0.4, 0.5) is 4.39 Å². The van der Waals surface area contributed by atoms with Gasteiger partial charge in [0, 0.05) is 19.3 Å². The number of halogens is 1. The highest BCUT2D eigenvalue weighted by molar-refractivity contribution is 5.45. The number of nitrogens with zero attached hydrogens (tertiary/aromatic N) is 4. The Morgan fingerprint density at radius 2 is 2.12 bits per heavy atom. The second-order valence-corrected chi connectivity index (χ2v) is 6.36. The molecule has 0 bridgehead atoms. The van der Waals surface area contributed by atoms with Gasteiger partial charge in [-0.25, -0.2) is 4.39 Å². The number of aromatic nitrogens is 3. The molecule has 6 heteroatoms. The highest BCUT2D eigenvalue weighted by Gasteiger charge is 2.26. The van der Waals surface area contributed by atoms with Crippen LogP contribution in [0.1, 0.15) is 30.2 Å². The quantitative estimate of drug-likeness (QED) is 0.727. The van der Waals surface area contributed by atoms with Crippen LogP contribution in [0.5, 0.6) is 0 Å². The van der Waals surface area contributed by atoms with Crippen LogP contribution in [-0.2, 0) is 6.54 Å². The van der Waals surface area contributed by atoms with Gasteiger partial charge in [0.15, 0.2) is 0 Å². The molecular weight excluding hydrogens is 319 g/mol. The fourth-order valence-electron chi connectivity index (χ4n) is 3.29. The van der Waals surface area contributed by atoms with Crippen molar-refractivity contribution in [3.05, 3.63) is 65.9 Å². The Labute approximate surface area is 145 Å². The third kappa shape index (κ3) is 3.74. The summed E-state index contributed by atoms with van der Waals surface area (Å²) in [5.41, 5.74) is 1.68. The lowest BCUT2D eigenvalue weighted by Crippen LogP contribution is -2.34. The third-order valence-corrected chi connectivity index (χ3v) is 4.47. The van der Waals surface area contributed by atoms with E-state index in [1.807, 2.05) is 24.3 Å². The summed E-state index contributed by atoms with van der Waals surface area (Å²) in [6.45, 7) is 2.56. The second-order valence-electron chi connectivity index (χ2n) is 6.36. The summed E-state index contributed by atoms with van der Waals surface area (Å²) in [4.78, 5) is 6.56. The van der Waals surface area contributed by atoms with Gasteiger partial charge >= 0.3 is 0 Å². The van der Waals surface area contributed by atoms with Gasteiger partial charge in [0.2, 0.25) is 5.89 Å². The first-order valence-corrected chi connectivity index (χ1v) is 8.49. The molecule has 1 aromatic carbocycles. The van der Waals surface area contributed by atoms with Crippen LogP contribution in [-0.4, -0.2) is 33.2 Å². The van der Waals surface area contributed by atoms with Crippen molar-refractivity contribution in [3.8, 4) is 11.6 Å². The monoisotopic (exact) mass is 338 g/mol. The maximum absolute atomic E-state index is 13.4. The van der Waals surface area contributed by atoms with Gasteiger partial charge in [-0.1, -0.05) is 18.2 Å². The molecule has 1 aliphatic heterocycles. The maximum atomic E-state index is 13.4. The Hall–Kier alpha value is -2.60. The van der Waals surface area contributed by atoms with Crippen molar-refractivity contribution in [2.24, 2.45) is 0 Å². The zero-order chi connectivity index (χ0) is 17.1. The van der Waals surface area contributed by atoms with Gasteiger partial charge in [-0.05, 0) is 49.2 Å². The van der Waals surface area contributed by atoms with Crippen LogP contribution < -0.4 is 0 Å². The van der Waals surface area contributed by atoms with Crippen LogP contribution in [0, 0.1) is 5.82 Å². The van der Waals surface area contributed by atoms with Crippen molar-refractivity contribution in [2.45, 2.75) is 25.3 Å². The number of hydrogen-bond acceptors (Lipinski definition) is 5. The maximum Gasteiger partial charge on any atom is 0.266 e. The summed E-state index contributed by atoms with van der Waals surface area (Å²) in [5, 5.41) is 8.36. The number of rotatable bonds is 4. The summed E-state index contributed by atoms with van der Waals surface area (Å²) < 4.78 is 19.2. The van der Waals surface area contributed by atoms with Crippen LogP contribution in [0.25, 0.3) is 11.6 Å². The highest BCUT2D eigenvalue weighted by atomic mass is 19.1. The van der Waals surface area contributed by atoms with Crippen LogP contribution in [0.2, 0.25) is 0 Å². The lowest BCUT2D eigenvalue weighted by Gasteiger charge is -2.31. The third-order valence-electron chi connectivity index (χ3n) is 4.47. The first kappa shape index (κ1) is 15.9. The zero-order valence-corrected chi connectivity index (χ0v) is 13.8. The molecule has 0 amide bonds. The molecule has 0 aliphatic carbocycles. The molecule has 25 heavy (non-hydrogen) atoms. The average Bonchev–Trinajstić information content (AvgIpc) is 3.13. The first-order valence-electron chi connectivity index (χ1n) is 8.49. The number of likely N-dealkylation sites (tertiary alicyclic amines) is 1. The normalized spacial score (nSPS) is 18.4. The van der Waals surface area contributed by atoms with Gasteiger partial charge in [0.1, 0.15) is 11.5 Å². The Morgan fingerprint density at radius 3 is 2.96 bits per heavy atom. The van der Waals surface area contributed by atoms with Crippen molar-refractivity contribution in [1.29, 1.82) is 0 Å². The second kappa shape index (κ2) is 7.11. The Balaban J connectivity index is 1.45. The summed E-state index contributed by atoms with van der Waals surface area (Å²) in [7, 11) is 0. The molecule has 3 aromatic rings. The van der Waals surface area contributed by atoms with E-state index >= 15 is 0 Å². The minimum atomic E-state index is -0.192. The predicted octanol–water partition coefficient (Wildman–Crippen LogP) is 3.65. The fourth-order valence-corrected chi connectivity index (χ4v) is 3.29. The summed E-state index contributed by atoms with van der Waals surface area (Å²) in [5.74, 6) is 1.12. The smallest absolute Gasteiger partial charge is 0.266 e. The van der Waals surface area contributed by atoms with E-state index in [1.54, 1.807) is 18.3 Å². The Morgan fingerprint density at radius 1 is 1.16 bits per heavy atom. The van der Waals surface area contributed by atoms with Crippen molar-refractivity contribution >= 4 is 0 Å². The van der Waals surface area contributed by atoms with Gasteiger partial charge in [0.25, 0.3) is 5.89 Å². The van der Waals surface area contributed by atoms with Crippen molar-refractivity contribution < 1.29 is 8.81 Å². The zero-order valence-electron chi connectivity index (χ0n) is 13.8. The molecule has 1 fully saturated rings. The largest absolute Gasteiger partial charge is 0.419 e. The van der Waals surface area contributed by atoms with Crippen molar-refractivity contribution in [3.63, 3.8) is 0 Å². The van der Waals surface area contributed by atoms with Crippen molar-refractivity contribution in [2.75, 3.05) is 13.1 Å². The summed E-state index contributed by atoms with van der Waals surface area (Å²) in [6.07, 6.45) is 3.78. The number of piperidine rings is 1. The van der Waals surface area contributed by atoms with Gasteiger partial charge in [-0.15, -0.1) is 10.2 Å². The molecule has 0 spiro atoms. The Bertz CT molecular complexity index is 836. The summed E-state index contributed by atoms with van der Waals surface area (Å²) >= 11 is 0. The van der Waals surface area contributed by atoms with E-state index in [0.717, 1.165) is 38.0 Å². The van der Waals surface area contributed by atoms with Crippen LogP contribution in [0.3, 0.4) is 0 Å². The SMILES string of the molecule is Fc1cccc(CN2CCC[C@@H](c3nnc(-c4ccccn4)o3)C2)c1. The molecule has 0 unspecified atom stereocenters. The van der Waals surface area contributed by atoms with Crippen LogP contribution >= 0.6 is 0 Å². The minimum absolute atomic E-state index is 0.192.